The lowest BCUT2D eigenvalue weighted by atomic mass is 10.1. The lowest BCUT2D eigenvalue weighted by molar-refractivity contribution is -0.385. The SMILES string of the molecule is Cc1c(C(=O)O[C@H](C)C(=O)Nc2cc(Cl)ccc2Cl)cccc1[N+](=O)[O-]. The molecule has 2 rings (SSSR count). The number of ether oxygens (including phenoxy) is 1. The molecule has 0 saturated heterocycles. The number of amides is 1. The van der Waals surface area contributed by atoms with Gasteiger partial charge in [0.2, 0.25) is 0 Å². The fraction of sp³-hybridized carbons (Fsp3) is 0.176. The van der Waals surface area contributed by atoms with E-state index in [2.05, 4.69) is 5.32 Å². The first-order valence-electron chi connectivity index (χ1n) is 7.41. The smallest absolute Gasteiger partial charge is 0.339 e. The number of nitro groups is 1. The Kier molecular flexibility index (Phi) is 6.18. The number of halogens is 2. The van der Waals surface area contributed by atoms with Gasteiger partial charge in [-0.3, -0.25) is 14.9 Å². The van der Waals surface area contributed by atoms with Crippen LogP contribution in [0.1, 0.15) is 22.8 Å². The first kappa shape index (κ1) is 19.7. The van der Waals surface area contributed by atoms with Gasteiger partial charge < -0.3 is 10.1 Å². The fourth-order valence-electron chi connectivity index (χ4n) is 2.15. The van der Waals surface area contributed by atoms with Crippen LogP contribution in [0.2, 0.25) is 10.0 Å². The standard InChI is InChI=1S/C17H14Cl2N2O5/c1-9-12(4-3-5-15(9)21(24)25)17(23)26-10(2)16(22)20-14-8-11(18)6-7-13(14)19/h3-8,10H,1-2H3,(H,20,22)/t10-/m1/s1. The van der Waals surface area contributed by atoms with Crippen molar-refractivity contribution in [3.8, 4) is 0 Å². The van der Waals surface area contributed by atoms with Gasteiger partial charge in [0.25, 0.3) is 11.6 Å². The maximum absolute atomic E-state index is 12.3. The number of hydrogen-bond donors (Lipinski definition) is 1. The normalized spacial score (nSPS) is 11.5. The summed E-state index contributed by atoms with van der Waals surface area (Å²) in [5.41, 5.74) is 0.244. The summed E-state index contributed by atoms with van der Waals surface area (Å²) in [6.45, 7) is 2.81. The second-order valence-electron chi connectivity index (χ2n) is 5.37. The molecule has 1 N–H and O–H groups in total. The van der Waals surface area contributed by atoms with Crippen molar-refractivity contribution in [1.82, 2.24) is 0 Å². The van der Waals surface area contributed by atoms with E-state index < -0.39 is 22.9 Å². The maximum Gasteiger partial charge on any atom is 0.339 e. The van der Waals surface area contributed by atoms with Crippen molar-refractivity contribution in [3.63, 3.8) is 0 Å². The second kappa shape index (κ2) is 8.16. The highest BCUT2D eigenvalue weighted by Gasteiger charge is 2.23. The van der Waals surface area contributed by atoms with Crippen LogP contribution in [0.3, 0.4) is 0 Å². The molecular formula is C17H14Cl2N2O5. The van der Waals surface area contributed by atoms with Gasteiger partial charge in [0.05, 0.1) is 21.2 Å². The zero-order chi connectivity index (χ0) is 19.4. The van der Waals surface area contributed by atoms with Crippen LogP contribution >= 0.6 is 23.2 Å². The molecular weight excluding hydrogens is 383 g/mol. The van der Waals surface area contributed by atoms with Crippen LogP contribution < -0.4 is 5.32 Å². The fourth-order valence-corrected chi connectivity index (χ4v) is 2.48. The van der Waals surface area contributed by atoms with E-state index in [1.165, 1.54) is 44.2 Å². The molecule has 7 nitrogen and oxygen atoms in total. The van der Waals surface area contributed by atoms with Crippen LogP contribution in [0.15, 0.2) is 36.4 Å². The molecule has 0 aromatic heterocycles. The summed E-state index contributed by atoms with van der Waals surface area (Å²) in [4.78, 5) is 34.8. The molecule has 1 atom stereocenters. The van der Waals surface area contributed by atoms with Crippen LogP contribution in [0, 0.1) is 17.0 Å². The molecule has 1 amide bonds. The molecule has 0 fully saturated rings. The molecule has 26 heavy (non-hydrogen) atoms. The Hall–Kier alpha value is -2.64. The topological polar surface area (TPSA) is 98.5 Å². The number of nitrogens with one attached hydrogen (secondary N) is 1. The van der Waals surface area contributed by atoms with Crippen LogP contribution in [0.4, 0.5) is 11.4 Å². The van der Waals surface area contributed by atoms with Gasteiger partial charge in [-0.05, 0) is 38.1 Å². The molecule has 0 aliphatic heterocycles. The number of anilines is 1. The summed E-state index contributed by atoms with van der Waals surface area (Å²) >= 11 is 11.8. The molecule has 0 spiro atoms. The molecule has 0 aliphatic carbocycles. The quantitative estimate of drug-likeness (QED) is 0.458. The number of esters is 1. The molecule has 136 valence electrons. The first-order chi connectivity index (χ1) is 12.2. The van der Waals surface area contributed by atoms with Crippen molar-refractivity contribution >= 4 is 46.5 Å². The molecule has 0 saturated carbocycles. The Morgan fingerprint density at radius 1 is 1.23 bits per heavy atom. The van der Waals surface area contributed by atoms with E-state index in [-0.39, 0.29) is 27.5 Å². The summed E-state index contributed by atoms with van der Waals surface area (Å²) in [5.74, 6) is -1.46. The Bertz CT molecular complexity index is 885. The van der Waals surface area contributed by atoms with Crippen LogP contribution in [-0.4, -0.2) is 22.9 Å². The number of hydrogen-bond acceptors (Lipinski definition) is 5. The van der Waals surface area contributed by atoms with Crippen molar-refractivity contribution in [2.75, 3.05) is 5.32 Å². The van der Waals surface area contributed by atoms with Gasteiger partial charge in [0.15, 0.2) is 6.10 Å². The van der Waals surface area contributed by atoms with Crippen molar-refractivity contribution < 1.29 is 19.2 Å². The van der Waals surface area contributed by atoms with Gasteiger partial charge in [-0.1, -0.05) is 29.3 Å². The highest BCUT2D eigenvalue weighted by Crippen LogP contribution is 2.26. The molecule has 2 aromatic carbocycles. The largest absolute Gasteiger partial charge is 0.449 e. The van der Waals surface area contributed by atoms with E-state index in [0.29, 0.717) is 5.02 Å². The van der Waals surface area contributed by atoms with E-state index in [9.17, 15) is 19.7 Å². The van der Waals surface area contributed by atoms with Crippen molar-refractivity contribution in [3.05, 3.63) is 67.7 Å². The lowest BCUT2D eigenvalue weighted by Crippen LogP contribution is -2.30. The number of carbonyl (C=O) groups is 2. The van der Waals surface area contributed by atoms with Crippen LogP contribution in [0.25, 0.3) is 0 Å². The van der Waals surface area contributed by atoms with E-state index in [1.807, 2.05) is 0 Å². The summed E-state index contributed by atoms with van der Waals surface area (Å²) in [5, 5.41) is 14.1. The molecule has 0 unspecified atom stereocenters. The average Bonchev–Trinajstić information content (AvgIpc) is 2.57. The number of rotatable bonds is 5. The second-order valence-corrected chi connectivity index (χ2v) is 6.21. The van der Waals surface area contributed by atoms with Gasteiger partial charge in [-0.25, -0.2) is 4.79 Å². The summed E-state index contributed by atoms with van der Waals surface area (Å²) in [6.07, 6.45) is -1.16. The van der Waals surface area contributed by atoms with Crippen molar-refractivity contribution in [2.24, 2.45) is 0 Å². The number of benzene rings is 2. The Labute approximate surface area is 159 Å². The lowest BCUT2D eigenvalue weighted by Gasteiger charge is -2.15. The predicted molar refractivity (Wildman–Crippen MR) is 97.8 cm³/mol. The third-order valence-electron chi connectivity index (χ3n) is 3.56. The Morgan fingerprint density at radius 2 is 1.92 bits per heavy atom. The molecule has 0 radical (unpaired) electrons. The van der Waals surface area contributed by atoms with Crippen molar-refractivity contribution in [1.29, 1.82) is 0 Å². The van der Waals surface area contributed by atoms with Gasteiger partial charge in [0.1, 0.15) is 0 Å². The molecule has 0 bridgehead atoms. The number of nitrogens with zero attached hydrogens (tertiary/aromatic N) is 1. The predicted octanol–water partition coefficient (Wildman–Crippen LogP) is 4.39. The number of carbonyl (C=O) groups excluding carboxylic acids is 2. The summed E-state index contributed by atoms with van der Waals surface area (Å²) in [7, 11) is 0. The van der Waals surface area contributed by atoms with E-state index >= 15 is 0 Å². The third-order valence-corrected chi connectivity index (χ3v) is 4.13. The Morgan fingerprint density at radius 3 is 2.58 bits per heavy atom. The highest BCUT2D eigenvalue weighted by molar-refractivity contribution is 6.35. The molecule has 0 aliphatic rings. The highest BCUT2D eigenvalue weighted by atomic mass is 35.5. The van der Waals surface area contributed by atoms with Gasteiger partial charge in [-0.2, -0.15) is 0 Å². The van der Waals surface area contributed by atoms with Gasteiger partial charge >= 0.3 is 5.97 Å². The van der Waals surface area contributed by atoms with E-state index in [0.717, 1.165) is 0 Å². The number of nitro benzene ring substituents is 1. The van der Waals surface area contributed by atoms with Crippen LogP contribution in [-0.2, 0) is 9.53 Å². The van der Waals surface area contributed by atoms with Gasteiger partial charge in [-0.15, -0.1) is 0 Å². The minimum absolute atomic E-state index is 0.0136. The van der Waals surface area contributed by atoms with Crippen molar-refractivity contribution in [2.45, 2.75) is 20.0 Å². The van der Waals surface area contributed by atoms with E-state index in [4.69, 9.17) is 27.9 Å². The monoisotopic (exact) mass is 396 g/mol. The first-order valence-corrected chi connectivity index (χ1v) is 8.17. The molecule has 0 heterocycles. The minimum atomic E-state index is -1.16. The average molecular weight is 397 g/mol. The molecule has 2 aromatic rings. The zero-order valence-electron chi connectivity index (χ0n) is 13.8. The zero-order valence-corrected chi connectivity index (χ0v) is 15.3. The maximum atomic E-state index is 12.3. The third kappa shape index (κ3) is 4.50. The van der Waals surface area contributed by atoms with Crippen LogP contribution in [0.5, 0.6) is 0 Å². The van der Waals surface area contributed by atoms with Gasteiger partial charge in [0, 0.05) is 16.7 Å². The van der Waals surface area contributed by atoms with E-state index in [1.54, 1.807) is 6.07 Å². The molecule has 9 heteroatoms. The minimum Gasteiger partial charge on any atom is -0.449 e. The summed E-state index contributed by atoms with van der Waals surface area (Å²) < 4.78 is 5.11. The Balaban J connectivity index is 2.12. The summed E-state index contributed by atoms with van der Waals surface area (Å²) in [6, 6.07) is 8.59.